The summed E-state index contributed by atoms with van der Waals surface area (Å²) in [6, 6.07) is 7.81. The van der Waals surface area contributed by atoms with E-state index in [1.807, 2.05) is 49.1 Å². The first-order chi connectivity index (χ1) is 11.0. The number of halogens is 1. The van der Waals surface area contributed by atoms with Gasteiger partial charge in [-0.2, -0.15) is 0 Å². The summed E-state index contributed by atoms with van der Waals surface area (Å²) in [6.07, 6.45) is 4.29. The van der Waals surface area contributed by atoms with Crippen LogP contribution in [0.15, 0.2) is 34.8 Å². The van der Waals surface area contributed by atoms with Crippen LogP contribution in [-0.4, -0.2) is 47.8 Å². The standard InChI is InChI=1S/C18H23BrN2O2/c1-3-14(2)18(23)21-12-10-20(11-13-21)17(22)9-6-15-4-7-16(19)8-5-15/h4-9,14H,3,10-13H2,1-2H3/b9-6+. The molecule has 4 nitrogen and oxygen atoms in total. The molecule has 1 aromatic carbocycles. The van der Waals surface area contributed by atoms with Crippen molar-refractivity contribution in [3.8, 4) is 0 Å². The Kier molecular flexibility index (Phi) is 6.39. The monoisotopic (exact) mass is 378 g/mol. The highest BCUT2D eigenvalue weighted by Gasteiger charge is 2.25. The van der Waals surface area contributed by atoms with Gasteiger partial charge in [-0.05, 0) is 30.2 Å². The maximum absolute atomic E-state index is 12.2. The maximum atomic E-state index is 12.2. The lowest BCUT2D eigenvalue weighted by Gasteiger charge is -2.35. The lowest BCUT2D eigenvalue weighted by molar-refractivity contribution is -0.140. The number of hydrogen-bond acceptors (Lipinski definition) is 2. The molecule has 0 aromatic heterocycles. The van der Waals surface area contributed by atoms with Gasteiger partial charge < -0.3 is 9.80 Å². The first-order valence-electron chi connectivity index (χ1n) is 8.02. The molecule has 0 bridgehead atoms. The molecule has 2 amide bonds. The van der Waals surface area contributed by atoms with Crippen molar-refractivity contribution < 1.29 is 9.59 Å². The molecule has 1 unspecified atom stereocenters. The highest BCUT2D eigenvalue weighted by molar-refractivity contribution is 9.10. The molecular formula is C18H23BrN2O2. The predicted octanol–water partition coefficient (Wildman–Crippen LogP) is 3.18. The molecule has 23 heavy (non-hydrogen) atoms. The van der Waals surface area contributed by atoms with Crippen LogP contribution in [0.25, 0.3) is 6.08 Å². The molecule has 1 aliphatic rings. The summed E-state index contributed by atoms with van der Waals surface area (Å²) < 4.78 is 1.02. The van der Waals surface area contributed by atoms with Gasteiger partial charge in [0.05, 0.1) is 0 Å². The summed E-state index contributed by atoms with van der Waals surface area (Å²) in [5, 5.41) is 0. The molecule has 0 N–H and O–H groups in total. The Morgan fingerprint density at radius 1 is 1.13 bits per heavy atom. The van der Waals surface area contributed by atoms with E-state index in [0.717, 1.165) is 16.5 Å². The van der Waals surface area contributed by atoms with Gasteiger partial charge in [0.25, 0.3) is 0 Å². The van der Waals surface area contributed by atoms with Crippen LogP contribution in [0, 0.1) is 5.92 Å². The van der Waals surface area contributed by atoms with Crippen molar-refractivity contribution in [3.63, 3.8) is 0 Å². The number of carbonyl (C=O) groups is 2. The summed E-state index contributed by atoms with van der Waals surface area (Å²) in [7, 11) is 0. The van der Waals surface area contributed by atoms with Crippen LogP contribution in [0.5, 0.6) is 0 Å². The first kappa shape index (κ1) is 17.7. The minimum atomic E-state index is 0.00329. The third-order valence-electron chi connectivity index (χ3n) is 4.23. The summed E-state index contributed by atoms with van der Waals surface area (Å²) >= 11 is 3.39. The largest absolute Gasteiger partial charge is 0.339 e. The van der Waals surface area contributed by atoms with Gasteiger partial charge in [0, 0.05) is 42.6 Å². The number of amides is 2. The number of piperazine rings is 1. The van der Waals surface area contributed by atoms with E-state index >= 15 is 0 Å². The van der Waals surface area contributed by atoms with Gasteiger partial charge in [-0.15, -0.1) is 0 Å². The molecule has 2 rings (SSSR count). The maximum Gasteiger partial charge on any atom is 0.246 e. The Labute approximate surface area is 146 Å². The summed E-state index contributed by atoms with van der Waals surface area (Å²) in [5.41, 5.74) is 0.993. The lowest BCUT2D eigenvalue weighted by atomic mass is 10.1. The van der Waals surface area contributed by atoms with Crippen molar-refractivity contribution in [2.75, 3.05) is 26.2 Å². The average molecular weight is 379 g/mol. The molecule has 0 saturated carbocycles. The van der Waals surface area contributed by atoms with Gasteiger partial charge in [0.1, 0.15) is 0 Å². The number of carbonyl (C=O) groups excluding carboxylic acids is 2. The van der Waals surface area contributed by atoms with E-state index in [1.165, 1.54) is 0 Å². The van der Waals surface area contributed by atoms with Gasteiger partial charge in [-0.1, -0.05) is 41.9 Å². The average Bonchev–Trinajstić information content (AvgIpc) is 2.59. The van der Waals surface area contributed by atoms with Crippen molar-refractivity contribution in [3.05, 3.63) is 40.4 Å². The molecule has 0 aliphatic carbocycles. The highest BCUT2D eigenvalue weighted by Crippen LogP contribution is 2.13. The van der Waals surface area contributed by atoms with E-state index in [9.17, 15) is 9.59 Å². The van der Waals surface area contributed by atoms with E-state index in [4.69, 9.17) is 0 Å². The third-order valence-corrected chi connectivity index (χ3v) is 4.75. The predicted molar refractivity (Wildman–Crippen MR) is 95.8 cm³/mol. The fourth-order valence-corrected chi connectivity index (χ4v) is 2.74. The Hall–Kier alpha value is -1.62. The zero-order valence-electron chi connectivity index (χ0n) is 13.7. The Bertz CT molecular complexity index is 575. The third kappa shape index (κ3) is 4.93. The van der Waals surface area contributed by atoms with Crippen LogP contribution in [0.3, 0.4) is 0 Å². The zero-order chi connectivity index (χ0) is 16.8. The molecule has 1 aromatic rings. The number of hydrogen-bond donors (Lipinski definition) is 0. The smallest absolute Gasteiger partial charge is 0.246 e. The quantitative estimate of drug-likeness (QED) is 0.754. The number of benzene rings is 1. The fourth-order valence-electron chi connectivity index (χ4n) is 2.48. The van der Waals surface area contributed by atoms with E-state index in [-0.39, 0.29) is 17.7 Å². The lowest BCUT2D eigenvalue weighted by Crippen LogP contribution is -2.51. The summed E-state index contributed by atoms with van der Waals surface area (Å²) in [5.74, 6) is 0.267. The van der Waals surface area contributed by atoms with Gasteiger partial charge >= 0.3 is 0 Å². The van der Waals surface area contributed by atoms with Crippen molar-refractivity contribution in [1.29, 1.82) is 0 Å². The van der Waals surface area contributed by atoms with Gasteiger partial charge in [-0.3, -0.25) is 9.59 Å². The van der Waals surface area contributed by atoms with Crippen molar-refractivity contribution in [1.82, 2.24) is 9.80 Å². The second kappa shape index (κ2) is 8.29. The summed E-state index contributed by atoms with van der Waals surface area (Å²) in [6.45, 7) is 6.44. The normalized spacial score (nSPS) is 16.7. The molecule has 1 saturated heterocycles. The number of rotatable bonds is 4. The van der Waals surface area contributed by atoms with Crippen molar-refractivity contribution in [2.45, 2.75) is 20.3 Å². The molecular weight excluding hydrogens is 356 g/mol. The topological polar surface area (TPSA) is 40.6 Å². The van der Waals surface area contributed by atoms with Crippen molar-refractivity contribution >= 4 is 33.8 Å². The second-order valence-corrected chi connectivity index (χ2v) is 6.76. The minimum Gasteiger partial charge on any atom is -0.339 e. The molecule has 0 radical (unpaired) electrons. The highest BCUT2D eigenvalue weighted by atomic mass is 79.9. The number of nitrogens with zero attached hydrogens (tertiary/aromatic N) is 2. The molecule has 1 heterocycles. The molecule has 5 heteroatoms. The fraction of sp³-hybridized carbons (Fsp3) is 0.444. The van der Waals surface area contributed by atoms with E-state index in [2.05, 4.69) is 15.9 Å². The van der Waals surface area contributed by atoms with Crippen LogP contribution >= 0.6 is 15.9 Å². The van der Waals surface area contributed by atoms with Crippen LogP contribution < -0.4 is 0 Å². The Balaban J connectivity index is 1.86. The van der Waals surface area contributed by atoms with E-state index in [1.54, 1.807) is 11.0 Å². The molecule has 1 atom stereocenters. The van der Waals surface area contributed by atoms with Gasteiger partial charge in [0.15, 0.2) is 0 Å². The van der Waals surface area contributed by atoms with Gasteiger partial charge in [0.2, 0.25) is 11.8 Å². The second-order valence-electron chi connectivity index (χ2n) is 5.84. The summed E-state index contributed by atoms with van der Waals surface area (Å²) in [4.78, 5) is 28.1. The van der Waals surface area contributed by atoms with Crippen LogP contribution in [0.1, 0.15) is 25.8 Å². The first-order valence-corrected chi connectivity index (χ1v) is 8.82. The molecule has 0 spiro atoms. The van der Waals surface area contributed by atoms with Crippen LogP contribution in [-0.2, 0) is 9.59 Å². The zero-order valence-corrected chi connectivity index (χ0v) is 15.3. The van der Waals surface area contributed by atoms with Crippen LogP contribution in [0.2, 0.25) is 0 Å². The Morgan fingerprint density at radius 3 is 2.26 bits per heavy atom. The minimum absolute atomic E-state index is 0.00329. The molecule has 124 valence electrons. The molecule has 1 aliphatic heterocycles. The van der Waals surface area contributed by atoms with Crippen LogP contribution in [0.4, 0.5) is 0 Å². The SMILES string of the molecule is CCC(C)C(=O)N1CCN(C(=O)/C=C/c2ccc(Br)cc2)CC1. The van der Waals surface area contributed by atoms with E-state index in [0.29, 0.717) is 26.2 Å². The van der Waals surface area contributed by atoms with Gasteiger partial charge in [-0.25, -0.2) is 0 Å². The van der Waals surface area contributed by atoms with E-state index < -0.39 is 0 Å². The Morgan fingerprint density at radius 2 is 1.70 bits per heavy atom. The molecule has 1 fully saturated rings. The van der Waals surface area contributed by atoms with Crippen molar-refractivity contribution in [2.24, 2.45) is 5.92 Å².